The number of hydrogen-bond donors (Lipinski definition) is 1. The van der Waals surface area contributed by atoms with E-state index in [0.717, 1.165) is 16.1 Å². The van der Waals surface area contributed by atoms with Crippen molar-refractivity contribution in [3.8, 4) is 0 Å². The second-order valence-corrected chi connectivity index (χ2v) is 11.4. The third kappa shape index (κ3) is 7.25. The number of hydrogen-bond acceptors (Lipinski definition) is 4. The highest BCUT2D eigenvalue weighted by molar-refractivity contribution is 7.92. The summed E-state index contributed by atoms with van der Waals surface area (Å²) in [6.07, 6.45) is 0.998. The van der Waals surface area contributed by atoms with Crippen LogP contribution in [0.3, 0.4) is 0 Å². The molecule has 2 amide bonds. The lowest BCUT2D eigenvalue weighted by molar-refractivity contribution is -0.139. The van der Waals surface area contributed by atoms with Crippen molar-refractivity contribution in [2.75, 3.05) is 17.1 Å². The molecule has 0 unspecified atom stereocenters. The van der Waals surface area contributed by atoms with Crippen molar-refractivity contribution in [1.82, 2.24) is 10.2 Å². The summed E-state index contributed by atoms with van der Waals surface area (Å²) >= 11 is 18.8. The summed E-state index contributed by atoms with van der Waals surface area (Å²) in [4.78, 5) is 27.5. The first kappa shape index (κ1) is 28.2. The van der Waals surface area contributed by atoms with E-state index in [4.69, 9.17) is 34.8 Å². The molecule has 0 heterocycles. The van der Waals surface area contributed by atoms with Gasteiger partial charge in [0.05, 0.1) is 11.9 Å². The zero-order chi connectivity index (χ0) is 25.8. The Morgan fingerprint density at radius 3 is 2.09 bits per heavy atom. The number of nitrogens with one attached hydrogen (secondary N) is 1. The minimum absolute atomic E-state index is 0.0870. The Morgan fingerprint density at radius 1 is 1.00 bits per heavy atom. The van der Waals surface area contributed by atoms with E-state index in [1.165, 1.54) is 11.0 Å². The highest BCUT2D eigenvalue weighted by Crippen LogP contribution is 2.28. The monoisotopic (exact) mass is 547 g/mol. The van der Waals surface area contributed by atoms with Gasteiger partial charge in [0.15, 0.2) is 0 Å². The third-order valence-electron chi connectivity index (χ3n) is 5.11. The van der Waals surface area contributed by atoms with E-state index in [1.54, 1.807) is 58.0 Å². The molecule has 0 spiro atoms. The van der Waals surface area contributed by atoms with Crippen molar-refractivity contribution in [2.24, 2.45) is 0 Å². The number of carbonyl (C=O) groups excluding carboxylic acids is 2. The SMILES string of the molecule is Cc1ccc(N(CC(=O)N(Cc2c(Cl)cccc2Cl)[C@H](C)C(=O)NC(C)C)S(C)(=O)=O)cc1Cl. The lowest BCUT2D eigenvalue weighted by atomic mass is 10.1. The largest absolute Gasteiger partial charge is 0.352 e. The highest BCUT2D eigenvalue weighted by atomic mass is 35.5. The van der Waals surface area contributed by atoms with Crippen LogP contribution in [0.2, 0.25) is 15.1 Å². The first-order valence-corrected chi connectivity index (χ1v) is 13.5. The van der Waals surface area contributed by atoms with E-state index in [-0.39, 0.29) is 18.3 Å². The molecule has 0 aliphatic heterocycles. The summed E-state index contributed by atoms with van der Waals surface area (Å²) < 4.78 is 26.1. The molecule has 11 heteroatoms. The maximum atomic E-state index is 13.5. The number of nitrogens with zero attached hydrogens (tertiary/aromatic N) is 2. The predicted octanol–water partition coefficient (Wildman–Crippen LogP) is 4.66. The van der Waals surface area contributed by atoms with Crippen LogP contribution in [0.1, 0.15) is 31.9 Å². The van der Waals surface area contributed by atoms with Crippen LogP contribution in [-0.2, 0) is 26.2 Å². The van der Waals surface area contributed by atoms with Crippen LogP contribution in [-0.4, -0.2) is 50.0 Å². The number of benzene rings is 2. The van der Waals surface area contributed by atoms with Crippen molar-refractivity contribution in [1.29, 1.82) is 0 Å². The summed E-state index contributed by atoms with van der Waals surface area (Å²) in [6.45, 7) is 6.32. The minimum atomic E-state index is -3.86. The third-order valence-corrected chi connectivity index (χ3v) is 7.37. The molecule has 0 aliphatic rings. The van der Waals surface area contributed by atoms with Crippen molar-refractivity contribution in [3.63, 3.8) is 0 Å². The molecule has 34 heavy (non-hydrogen) atoms. The van der Waals surface area contributed by atoms with Gasteiger partial charge < -0.3 is 10.2 Å². The first-order chi connectivity index (χ1) is 15.7. The number of amides is 2. The van der Waals surface area contributed by atoms with Gasteiger partial charge in [-0.15, -0.1) is 0 Å². The van der Waals surface area contributed by atoms with Gasteiger partial charge in [-0.25, -0.2) is 8.42 Å². The lowest BCUT2D eigenvalue weighted by Crippen LogP contribution is -2.52. The Morgan fingerprint density at radius 2 is 1.59 bits per heavy atom. The number of aryl methyl sites for hydroxylation is 1. The van der Waals surface area contributed by atoms with Crippen molar-refractivity contribution in [3.05, 3.63) is 62.6 Å². The van der Waals surface area contributed by atoms with Gasteiger partial charge in [0.1, 0.15) is 12.6 Å². The number of carbonyl (C=O) groups is 2. The predicted molar refractivity (Wildman–Crippen MR) is 138 cm³/mol. The Balaban J connectivity index is 2.47. The zero-order valence-corrected chi connectivity index (χ0v) is 22.7. The van der Waals surface area contributed by atoms with Gasteiger partial charge in [-0.3, -0.25) is 13.9 Å². The Bertz CT molecular complexity index is 1150. The summed E-state index contributed by atoms with van der Waals surface area (Å²) in [5.74, 6) is -1.000. The Kier molecular flexibility index (Phi) is 9.65. The van der Waals surface area contributed by atoms with Crippen LogP contribution in [0.5, 0.6) is 0 Å². The van der Waals surface area contributed by atoms with Crippen LogP contribution in [0.4, 0.5) is 5.69 Å². The maximum absolute atomic E-state index is 13.5. The summed E-state index contributed by atoms with van der Waals surface area (Å²) in [6, 6.07) is 8.56. The van der Waals surface area contributed by atoms with Gasteiger partial charge in [-0.1, -0.05) is 46.9 Å². The maximum Gasteiger partial charge on any atom is 0.244 e. The van der Waals surface area contributed by atoms with Crippen molar-refractivity contribution < 1.29 is 18.0 Å². The molecule has 2 rings (SSSR count). The van der Waals surface area contributed by atoms with Crippen molar-refractivity contribution >= 4 is 62.3 Å². The summed E-state index contributed by atoms with van der Waals surface area (Å²) in [5.41, 5.74) is 1.45. The topological polar surface area (TPSA) is 86.8 Å². The lowest BCUT2D eigenvalue weighted by Gasteiger charge is -2.32. The molecular weight excluding hydrogens is 521 g/mol. The summed E-state index contributed by atoms with van der Waals surface area (Å²) in [7, 11) is -3.86. The van der Waals surface area contributed by atoms with Gasteiger partial charge in [0.2, 0.25) is 21.8 Å². The second-order valence-electron chi connectivity index (χ2n) is 8.26. The molecule has 0 aliphatic carbocycles. The second kappa shape index (κ2) is 11.6. The molecular formula is C23H28Cl3N3O4S. The van der Waals surface area contributed by atoms with E-state index in [2.05, 4.69) is 5.32 Å². The van der Waals surface area contributed by atoms with Crippen LogP contribution in [0.25, 0.3) is 0 Å². The number of rotatable bonds is 9. The Labute approximate surface area is 216 Å². The smallest absolute Gasteiger partial charge is 0.244 e. The normalized spacial score (nSPS) is 12.4. The molecule has 1 atom stereocenters. The van der Waals surface area contributed by atoms with E-state index < -0.39 is 34.4 Å². The average Bonchev–Trinajstić information content (AvgIpc) is 2.72. The van der Waals surface area contributed by atoms with E-state index in [0.29, 0.717) is 20.6 Å². The van der Waals surface area contributed by atoms with Crippen LogP contribution < -0.4 is 9.62 Å². The van der Waals surface area contributed by atoms with Crippen LogP contribution in [0.15, 0.2) is 36.4 Å². The number of sulfonamides is 1. The van der Waals surface area contributed by atoms with Crippen molar-refractivity contribution in [2.45, 2.75) is 46.3 Å². The van der Waals surface area contributed by atoms with E-state index in [1.807, 2.05) is 0 Å². The summed E-state index contributed by atoms with van der Waals surface area (Å²) in [5, 5.41) is 3.79. The van der Waals surface area contributed by atoms with Gasteiger partial charge in [0.25, 0.3) is 0 Å². The molecule has 7 nitrogen and oxygen atoms in total. The van der Waals surface area contributed by atoms with E-state index in [9.17, 15) is 18.0 Å². The van der Waals surface area contributed by atoms with Gasteiger partial charge in [-0.2, -0.15) is 0 Å². The fraction of sp³-hybridized carbons (Fsp3) is 0.391. The standard InChI is InChI=1S/C23H28Cl3N3O4S/c1-14(2)27-23(31)16(4)28(12-18-19(24)7-6-8-20(18)25)22(30)13-29(34(5,32)33)17-10-9-15(3)21(26)11-17/h6-11,14,16H,12-13H2,1-5H3,(H,27,31)/t16-/m1/s1. The molecule has 0 saturated heterocycles. The molecule has 0 radical (unpaired) electrons. The highest BCUT2D eigenvalue weighted by Gasteiger charge is 2.31. The quantitative estimate of drug-likeness (QED) is 0.494. The molecule has 0 bridgehead atoms. The zero-order valence-electron chi connectivity index (χ0n) is 19.6. The average molecular weight is 549 g/mol. The molecule has 2 aromatic rings. The fourth-order valence-corrected chi connectivity index (χ4v) is 4.73. The van der Waals surface area contributed by atoms with Gasteiger partial charge in [0, 0.05) is 33.2 Å². The molecule has 2 aromatic carbocycles. The van der Waals surface area contributed by atoms with E-state index >= 15 is 0 Å². The molecule has 1 N–H and O–H groups in total. The van der Waals surface area contributed by atoms with Crippen LogP contribution in [0, 0.1) is 6.92 Å². The van der Waals surface area contributed by atoms with Crippen LogP contribution >= 0.6 is 34.8 Å². The minimum Gasteiger partial charge on any atom is -0.352 e. The number of anilines is 1. The number of halogens is 3. The molecule has 0 saturated carbocycles. The Hall–Kier alpha value is -2.00. The molecule has 0 aromatic heterocycles. The van der Waals surface area contributed by atoms with Gasteiger partial charge in [-0.05, 0) is 57.5 Å². The molecule has 186 valence electrons. The fourth-order valence-electron chi connectivity index (χ4n) is 3.19. The van der Waals surface area contributed by atoms with Gasteiger partial charge >= 0.3 is 0 Å². The molecule has 0 fully saturated rings. The first-order valence-electron chi connectivity index (χ1n) is 10.5.